The minimum Gasteiger partial charge on any atom is -0.412 e. The maximum absolute atomic E-state index is 8.74. The van der Waals surface area contributed by atoms with Gasteiger partial charge >= 0.3 is 10.4 Å². The second kappa shape index (κ2) is 30.3. The van der Waals surface area contributed by atoms with Crippen LogP contribution in [0.15, 0.2) is 0 Å². The molecule has 0 aliphatic carbocycles. The molecule has 0 saturated carbocycles. The molecule has 12 heteroatoms. The van der Waals surface area contributed by atoms with E-state index in [0.29, 0.717) is 0 Å². The summed E-state index contributed by atoms with van der Waals surface area (Å²) < 4.78 is 31.6. The first-order valence-electron chi connectivity index (χ1n) is 0.698. The van der Waals surface area contributed by atoms with Crippen molar-refractivity contribution in [2.24, 2.45) is 0 Å². The third-order valence-electron chi connectivity index (χ3n) is 0. The molecule has 0 atom stereocenters. The Hall–Kier alpha value is 0.253. The van der Waals surface area contributed by atoms with Crippen molar-refractivity contribution < 1.29 is 69.9 Å². The molecule has 0 radical (unpaired) electrons. The van der Waals surface area contributed by atoms with Crippen molar-refractivity contribution in [3.63, 3.8) is 0 Å². The molecule has 0 unspecified atom stereocenters. The van der Waals surface area contributed by atoms with Crippen LogP contribution in [0.2, 0.25) is 0 Å². The second-order valence-electron chi connectivity index (χ2n) is 0.448. The summed E-state index contributed by atoms with van der Waals surface area (Å²) in [5.41, 5.74) is 0. The van der Waals surface area contributed by atoms with Crippen molar-refractivity contribution >= 4 is 10.4 Å². The van der Waals surface area contributed by atoms with Gasteiger partial charge in [0.25, 0.3) is 0 Å². The zero-order valence-electron chi connectivity index (χ0n) is 5.83. The zero-order valence-corrected chi connectivity index (χ0v) is 9.61. The Bertz CT molecular complexity index is 93.0. The molecule has 0 aliphatic heterocycles. The molecule has 0 heterocycles. The topological polar surface area (TPSA) is 264 Å². The van der Waals surface area contributed by atoms with E-state index in [1.807, 2.05) is 0 Å². The van der Waals surface area contributed by atoms with Gasteiger partial charge in [0.15, 0.2) is 0 Å². The predicted molar refractivity (Wildman–Crippen MR) is 35.9 cm³/mol. The fourth-order valence-electron chi connectivity index (χ4n) is 0. The smallest absolute Gasteiger partial charge is 0.394 e. The molecule has 12 heavy (non-hydrogen) atoms. The Kier molecular flexibility index (Phi) is 216. The molecule has 10 nitrogen and oxygen atoms in total. The molecule has 0 aromatic rings. The maximum Gasteiger partial charge on any atom is 0.394 e. The van der Waals surface area contributed by atoms with Crippen LogP contribution in [0, 0.1) is 0 Å². The molecular weight excluding hydrogens is 257 g/mol. The summed E-state index contributed by atoms with van der Waals surface area (Å²) in [7, 11) is -4.67. The van der Waals surface area contributed by atoms with E-state index in [2.05, 4.69) is 0 Å². The summed E-state index contributed by atoms with van der Waals surface area (Å²) in [5, 5.41) is 0. The summed E-state index contributed by atoms with van der Waals surface area (Å²) in [6.07, 6.45) is 0. The van der Waals surface area contributed by atoms with E-state index in [1.54, 1.807) is 0 Å². The largest absolute Gasteiger partial charge is 0.412 e. The Morgan fingerprint density at radius 3 is 0.667 bits per heavy atom. The Morgan fingerprint density at radius 1 is 0.667 bits per heavy atom. The van der Waals surface area contributed by atoms with Crippen LogP contribution in [0.1, 0.15) is 0 Å². The van der Waals surface area contributed by atoms with Gasteiger partial charge in [0.2, 0.25) is 0 Å². The Morgan fingerprint density at radius 2 is 0.667 bits per heavy atom. The van der Waals surface area contributed by atoms with Gasteiger partial charge in [-0.3, -0.25) is 9.11 Å². The quantitative estimate of drug-likeness (QED) is 0.322. The molecule has 0 saturated heterocycles. The van der Waals surface area contributed by atoms with Crippen molar-refractivity contribution in [1.82, 2.24) is 0 Å². The molecule has 0 aromatic carbocycles. The summed E-state index contributed by atoms with van der Waals surface area (Å²) in [4.78, 5) is 0. The molecule has 0 rings (SSSR count). The second-order valence-corrected chi connectivity index (χ2v) is 1.34. The van der Waals surface area contributed by atoms with Crippen molar-refractivity contribution in [2.45, 2.75) is 0 Å². The summed E-state index contributed by atoms with van der Waals surface area (Å²) in [6, 6.07) is 0. The predicted octanol–water partition coefficient (Wildman–Crippen LogP) is -5.60. The van der Waals surface area contributed by atoms with Gasteiger partial charge in [-0.15, -0.1) is 0 Å². The van der Waals surface area contributed by atoms with E-state index >= 15 is 0 Å². The summed E-state index contributed by atoms with van der Waals surface area (Å²) >= 11 is 0. The molecule has 0 spiro atoms. The Balaban J connectivity index is -0.00000000381. The van der Waals surface area contributed by atoms with E-state index in [1.165, 1.54) is 0 Å². The van der Waals surface area contributed by atoms with Crippen LogP contribution in [-0.2, 0) is 29.9 Å². The summed E-state index contributed by atoms with van der Waals surface area (Å²) in [6.45, 7) is 0. The molecule has 14 N–H and O–H groups in total. The van der Waals surface area contributed by atoms with Crippen molar-refractivity contribution in [3.8, 4) is 0 Å². The minimum atomic E-state index is -4.67. The van der Waals surface area contributed by atoms with Crippen LogP contribution < -0.4 is 0 Å². The molecular formula is H14O10SZn. The van der Waals surface area contributed by atoms with Crippen molar-refractivity contribution in [1.29, 1.82) is 0 Å². The van der Waals surface area contributed by atoms with Gasteiger partial charge in [0.05, 0.1) is 0 Å². The van der Waals surface area contributed by atoms with Gasteiger partial charge in [-0.1, -0.05) is 0 Å². The molecule has 0 fully saturated rings. The average molecular weight is 272 g/mol. The number of hydrogen-bond donors (Lipinski definition) is 2. The average Bonchev–Trinajstić information content (AvgIpc) is 0.722. The first-order valence-corrected chi connectivity index (χ1v) is 2.10. The SMILES string of the molecule is O.O.O.O.O.O.O=S(=O)(O)O.[Zn]. The monoisotopic (exact) mass is 270 g/mol. The number of hydrogen-bond acceptors (Lipinski definition) is 2. The van der Waals surface area contributed by atoms with E-state index in [0.717, 1.165) is 0 Å². The zero-order chi connectivity index (χ0) is 4.50. The summed E-state index contributed by atoms with van der Waals surface area (Å²) in [5.74, 6) is 0. The number of rotatable bonds is 0. The van der Waals surface area contributed by atoms with Crippen LogP contribution in [0.3, 0.4) is 0 Å². The normalized spacial score (nSPS) is 4.83. The van der Waals surface area contributed by atoms with Crippen molar-refractivity contribution in [3.05, 3.63) is 0 Å². The van der Waals surface area contributed by atoms with Gasteiger partial charge in [0, 0.05) is 19.5 Å². The van der Waals surface area contributed by atoms with E-state index < -0.39 is 10.4 Å². The standard InChI is InChI=1S/H2O4S.6H2O.Zn/c1-5(2,3)4;;;;;;;/h(H2,1,2,3,4);6*1H2;. The van der Waals surface area contributed by atoms with Gasteiger partial charge in [0.1, 0.15) is 0 Å². The van der Waals surface area contributed by atoms with Crippen LogP contribution >= 0.6 is 0 Å². The maximum atomic E-state index is 8.74. The van der Waals surface area contributed by atoms with Crippen LogP contribution in [-0.4, -0.2) is 50.4 Å². The Labute approximate surface area is 80.8 Å². The van der Waals surface area contributed by atoms with E-state index in [-0.39, 0.29) is 52.3 Å². The van der Waals surface area contributed by atoms with Crippen LogP contribution in [0.5, 0.6) is 0 Å². The fraction of sp³-hybridized carbons (Fsp3) is 0. The molecule has 0 aliphatic rings. The van der Waals surface area contributed by atoms with Gasteiger partial charge < -0.3 is 32.9 Å². The third kappa shape index (κ3) is 13700. The first kappa shape index (κ1) is 85.8. The molecule has 0 amide bonds. The van der Waals surface area contributed by atoms with E-state index in [9.17, 15) is 0 Å². The fourth-order valence-corrected chi connectivity index (χ4v) is 0. The molecule has 82 valence electrons. The third-order valence-corrected chi connectivity index (χ3v) is 0. The molecule has 0 aromatic heterocycles. The van der Waals surface area contributed by atoms with Gasteiger partial charge in [-0.05, 0) is 0 Å². The van der Waals surface area contributed by atoms with Gasteiger partial charge in [-0.25, -0.2) is 0 Å². The van der Waals surface area contributed by atoms with Crippen LogP contribution in [0.4, 0.5) is 0 Å². The van der Waals surface area contributed by atoms with Crippen molar-refractivity contribution in [2.75, 3.05) is 0 Å². The molecule has 0 bridgehead atoms. The van der Waals surface area contributed by atoms with E-state index in [4.69, 9.17) is 17.5 Å². The van der Waals surface area contributed by atoms with Gasteiger partial charge in [-0.2, -0.15) is 8.42 Å². The van der Waals surface area contributed by atoms with Crippen LogP contribution in [0.25, 0.3) is 0 Å². The first-order chi connectivity index (χ1) is 2.00. The minimum absolute atomic E-state index is 0.